The van der Waals surface area contributed by atoms with E-state index in [9.17, 15) is 4.79 Å². The number of amides is 1. The van der Waals surface area contributed by atoms with Crippen LogP contribution >= 0.6 is 0 Å². The molecule has 2 heterocycles. The van der Waals surface area contributed by atoms with Gasteiger partial charge in [0.2, 0.25) is 0 Å². The summed E-state index contributed by atoms with van der Waals surface area (Å²) >= 11 is 0. The third kappa shape index (κ3) is 1.68. The summed E-state index contributed by atoms with van der Waals surface area (Å²) in [6, 6.07) is 6.33. The Morgan fingerprint density at radius 3 is 2.80 bits per heavy atom. The molecular formula is C16H17N3O. The van der Waals surface area contributed by atoms with Crippen LogP contribution in [-0.4, -0.2) is 15.7 Å². The van der Waals surface area contributed by atoms with E-state index in [1.165, 1.54) is 24.8 Å². The van der Waals surface area contributed by atoms with Gasteiger partial charge in [-0.1, -0.05) is 12.5 Å². The van der Waals surface area contributed by atoms with E-state index in [-0.39, 0.29) is 11.9 Å². The smallest absolute Gasteiger partial charge is 0.252 e. The second-order valence-corrected chi connectivity index (χ2v) is 5.85. The van der Waals surface area contributed by atoms with Gasteiger partial charge < -0.3 is 5.32 Å². The van der Waals surface area contributed by atoms with Gasteiger partial charge in [-0.3, -0.25) is 9.48 Å². The maximum atomic E-state index is 12.0. The molecule has 1 fully saturated rings. The monoisotopic (exact) mass is 267 g/mol. The SMILES string of the molecule is Cn1cc(-c2ccc3c(c2)C(C2CCC2)NC3=O)cn1. The Bertz CT molecular complexity index is 685. The van der Waals surface area contributed by atoms with Crippen LogP contribution < -0.4 is 5.32 Å². The molecule has 1 aromatic carbocycles. The number of fused-ring (bicyclic) bond motifs is 1. The lowest BCUT2D eigenvalue weighted by atomic mass is 9.77. The Labute approximate surface area is 117 Å². The van der Waals surface area contributed by atoms with Crippen LogP contribution in [0.5, 0.6) is 0 Å². The maximum absolute atomic E-state index is 12.0. The highest BCUT2D eigenvalue weighted by Gasteiger charge is 2.36. The van der Waals surface area contributed by atoms with Crippen LogP contribution in [0.2, 0.25) is 0 Å². The maximum Gasteiger partial charge on any atom is 0.252 e. The molecule has 102 valence electrons. The molecule has 20 heavy (non-hydrogen) atoms. The number of hydrogen-bond acceptors (Lipinski definition) is 2. The Morgan fingerprint density at radius 1 is 1.30 bits per heavy atom. The molecule has 0 spiro atoms. The number of rotatable bonds is 2. The topological polar surface area (TPSA) is 46.9 Å². The zero-order chi connectivity index (χ0) is 13.7. The fraction of sp³-hybridized carbons (Fsp3) is 0.375. The highest BCUT2D eigenvalue weighted by Crippen LogP contribution is 2.42. The summed E-state index contributed by atoms with van der Waals surface area (Å²) in [7, 11) is 1.92. The molecule has 1 aliphatic heterocycles. The van der Waals surface area contributed by atoms with Gasteiger partial charge >= 0.3 is 0 Å². The van der Waals surface area contributed by atoms with Crippen molar-refractivity contribution in [3.63, 3.8) is 0 Å². The van der Waals surface area contributed by atoms with E-state index < -0.39 is 0 Å². The van der Waals surface area contributed by atoms with Crippen LogP contribution in [0.15, 0.2) is 30.6 Å². The van der Waals surface area contributed by atoms with Gasteiger partial charge in [0.25, 0.3) is 5.91 Å². The van der Waals surface area contributed by atoms with E-state index in [0.717, 1.165) is 16.7 Å². The summed E-state index contributed by atoms with van der Waals surface area (Å²) < 4.78 is 1.80. The van der Waals surface area contributed by atoms with Crippen molar-refractivity contribution in [1.29, 1.82) is 0 Å². The minimum atomic E-state index is 0.0784. The average molecular weight is 267 g/mol. The molecule has 0 radical (unpaired) electrons. The highest BCUT2D eigenvalue weighted by molar-refractivity contribution is 5.99. The minimum absolute atomic E-state index is 0.0784. The van der Waals surface area contributed by atoms with Crippen molar-refractivity contribution in [1.82, 2.24) is 15.1 Å². The van der Waals surface area contributed by atoms with E-state index in [4.69, 9.17) is 0 Å². The second kappa shape index (κ2) is 4.20. The average Bonchev–Trinajstić information content (AvgIpc) is 2.93. The molecule has 0 saturated heterocycles. The van der Waals surface area contributed by atoms with E-state index in [2.05, 4.69) is 16.5 Å². The molecule has 1 unspecified atom stereocenters. The Kier molecular flexibility index (Phi) is 2.46. The van der Waals surface area contributed by atoms with Gasteiger partial charge in [-0.2, -0.15) is 5.10 Å². The van der Waals surface area contributed by atoms with Crippen LogP contribution in [0.1, 0.15) is 41.2 Å². The number of benzene rings is 1. The summed E-state index contributed by atoms with van der Waals surface area (Å²) in [4.78, 5) is 12.0. The first-order chi connectivity index (χ1) is 9.72. The van der Waals surface area contributed by atoms with Gasteiger partial charge in [0, 0.05) is 24.4 Å². The molecule has 1 aliphatic carbocycles. The summed E-state index contributed by atoms with van der Waals surface area (Å²) in [6.45, 7) is 0. The predicted octanol–water partition coefficient (Wildman–Crippen LogP) is 2.67. The van der Waals surface area contributed by atoms with Gasteiger partial charge in [-0.15, -0.1) is 0 Å². The van der Waals surface area contributed by atoms with Crippen molar-refractivity contribution in [2.45, 2.75) is 25.3 Å². The third-order valence-electron chi connectivity index (χ3n) is 4.58. The van der Waals surface area contributed by atoms with Crippen molar-refractivity contribution in [2.75, 3.05) is 0 Å². The van der Waals surface area contributed by atoms with Crippen LogP contribution in [0.4, 0.5) is 0 Å². The standard InChI is InChI=1S/C16H17N3O/c1-19-9-12(8-17-19)11-5-6-13-14(7-11)15(18-16(13)20)10-3-2-4-10/h5-10,15H,2-4H2,1H3,(H,18,20). The lowest BCUT2D eigenvalue weighted by Crippen LogP contribution is -2.29. The third-order valence-corrected chi connectivity index (χ3v) is 4.58. The lowest BCUT2D eigenvalue weighted by Gasteiger charge is -2.31. The van der Waals surface area contributed by atoms with E-state index in [1.807, 2.05) is 31.6 Å². The fourth-order valence-corrected chi connectivity index (χ4v) is 3.22. The highest BCUT2D eigenvalue weighted by atomic mass is 16.2. The van der Waals surface area contributed by atoms with Crippen LogP contribution in [-0.2, 0) is 7.05 Å². The summed E-state index contributed by atoms with van der Waals surface area (Å²) in [6.07, 6.45) is 7.60. The van der Waals surface area contributed by atoms with Crippen molar-refractivity contribution in [3.8, 4) is 11.1 Å². The zero-order valence-electron chi connectivity index (χ0n) is 11.5. The van der Waals surface area contributed by atoms with Gasteiger partial charge in [-0.05, 0) is 42.0 Å². The molecule has 1 N–H and O–H groups in total. The Hall–Kier alpha value is -2.10. The van der Waals surface area contributed by atoms with Gasteiger partial charge in [0.15, 0.2) is 0 Å². The van der Waals surface area contributed by atoms with Crippen molar-refractivity contribution in [3.05, 3.63) is 41.7 Å². The second-order valence-electron chi connectivity index (χ2n) is 5.85. The molecule has 4 nitrogen and oxygen atoms in total. The zero-order valence-corrected chi connectivity index (χ0v) is 11.5. The molecule has 2 aliphatic rings. The molecule has 4 heteroatoms. The quantitative estimate of drug-likeness (QED) is 0.909. The number of hydrogen-bond donors (Lipinski definition) is 1. The Balaban J connectivity index is 1.77. The van der Waals surface area contributed by atoms with Crippen LogP contribution in [0, 0.1) is 5.92 Å². The largest absolute Gasteiger partial charge is 0.345 e. The van der Waals surface area contributed by atoms with E-state index in [1.54, 1.807) is 4.68 Å². The van der Waals surface area contributed by atoms with Gasteiger partial charge in [0.05, 0.1) is 12.2 Å². The fourth-order valence-electron chi connectivity index (χ4n) is 3.22. The van der Waals surface area contributed by atoms with Crippen LogP contribution in [0.25, 0.3) is 11.1 Å². The van der Waals surface area contributed by atoms with Gasteiger partial charge in [0.1, 0.15) is 0 Å². The molecule has 2 aromatic rings. The predicted molar refractivity (Wildman–Crippen MR) is 76.2 cm³/mol. The molecular weight excluding hydrogens is 250 g/mol. The van der Waals surface area contributed by atoms with Crippen molar-refractivity contribution < 1.29 is 4.79 Å². The molecule has 1 atom stereocenters. The first-order valence-corrected chi connectivity index (χ1v) is 7.16. The first kappa shape index (κ1) is 11.7. The summed E-state index contributed by atoms with van der Waals surface area (Å²) in [5.74, 6) is 0.694. The number of nitrogens with zero attached hydrogens (tertiary/aromatic N) is 2. The lowest BCUT2D eigenvalue weighted by molar-refractivity contribution is 0.0932. The van der Waals surface area contributed by atoms with E-state index in [0.29, 0.717) is 5.92 Å². The minimum Gasteiger partial charge on any atom is -0.345 e. The summed E-state index contributed by atoms with van der Waals surface area (Å²) in [5.41, 5.74) is 4.25. The number of nitrogens with one attached hydrogen (secondary N) is 1. The van der Waals surface area contributed by atoms with Gasteiger partial charge in [-0.25, -0.2) is 0 Å². The number of carbonyl (C=O) groups is 1. The number of aryl methyl sites for hydroxylation is 1. The number of carbonyl (C=O) groups excluding carboxylic acids is 1. The molecule has 1 aromatic heterocycles. The Morgan fingerprint density at radius 2 is 2.15 bits per heavy atom. The molecule has 1 saturated carbocycles. The summed E-state index contributed by atoms with van der Waals surface area (Å²) in [5, 5.41) is 7.36. The van der Waals surface area contributed by atoms with Crippen LogP contribution in [0.3, 0.4) is 0 Å². The molecule has 0 bridgehead atoms. The normalized spacial score (nSPS) is 21.4. The van der Waals surface area contributed by atoms with E-state index >= 15 is 0 Å². The molecule has 1 amide bonds. The number of aromatic nitrogens is 2. The van der Waals surface area contributed by atoms with Crippen molar-refractivity contribution in [2.24, 2.45) is 13.0 Å². The first-order valence-electron chi connectivity index (χ1n) is 7.16. The van der Waals surface area contributed by atoms with Crippen molar-refractivity contribution >= 4 is 5.91 Å². The molecule has 4 rings (SSSR count).